The highest BCUT2D eigenvalue weighted by Gasteiger charge is 2.62. The summed E-state index contributed by atoms with van der Waals surface area (Å²) in [5.41, 5.74) is -1.79. The standard InChI is InChI=1S/C45H74O12/c1-14-33(41(49)51-13)35-19-18-26(5)39(54-35)30(9)37(47)29(8)38(48)34(15-2)40-27(6)24-28(7)44(55-40)21-20-36(53-32(11)46)45(57-44)23-22-42(12,56-45)25-52-31(10)43(50,16-3)17-4/h20-21,26-31,33-36,39-40,50H,14-19,22-25H2,1-13H3. The van der Waals surface area contributed by atoms with Gasteiger partial charge < -0.3 is 38.3 Å². The molecule has 15 atom stereocenters. The molecule has 0 amide bonds. The lowest BCUT2D eigenvalue weighted by atomic mass is 9.73. The molecule has 12 heteroatoms. The summed E-state index contributed by atoms with van der Waals surface area (Å²) in [7, 11) is 1.38. The van der Waals surface area contributed by atoms with E-state index in [2.05, 4.69) is 13.8 Å². The molecule has 0 radical (unpaired) electrons. The van der Waals surface area contributed by atoms with E-state index in [1.54, 1.807) is 19.1 Å². The number of methoxy groups -OCH3 is 1. The second-order valence-electron chi connectivity index (χ2n) is 18.1. The summed E-state index contributed by atoms with van der Waals surface area (Å²) < 4.78 is 44.4. The molecule has 3 saturated heterocycles. The maximum Gasteiger partial charge on any atom is 0.311 e. The Morgan fingerprint density at radius 2 is 1.54 bits per heavy atom. The summed E-state index contributed by atoms with van der Waals surface area (Å²) in [5, 5.41) is 11.1. The molecule has 0 aromatic heterocycles. The topological polar surface area (TPSA) is 153 Å². The fourth-order valence-corrected chi connectivity index (χ4v) is 10.0. The monoisotopic (exact) mass is 807 g/mol. The van der Waals surface area contributed by atoms with E-state index in [0.717, 1.165) is 6.42 Å². The summed E-state index contributed by atoms with van der Waals surface area (Å²) >= 11 is 0. The molecular formula is C45H74O12. The number of ketones is 2. The lowest BCUT2D eigenvalue weighted by Crippen LogP contribution is -2.63. The van der Waals surface area contributed by atoms with Crippen LogP contribution in [0, 0.1) is 41.4 Å². The lowest BCUT2D eigenvalue weighted by molar-refractivity contribution is -0.405. The number of ether oxygens (including phenoxy) is 7. The Morgan fingerprint density at radius 3 is 2.12 bits per heavy atom. The van der Waals surface area contributed by atoms with E-state index < -0.39 is 76.8 Å². The first-order valence-electron chi connectivity index (χ1n) is 21.8. The van der Waals surface area contributed by atoms with Crippen molar-refractivity contribution < 1.29 is 57.4 Å². The zero-order valence-electron chi connectivity index (χ0n) is 37.1. The van der Waals surface area contributed by atoms with Gasteiger partial charge in [-0.15, -0.1) is 0 Å². The van der Waals surface area contributed by atoms with Crippen molar-refractivity contribution in [1.29, 1.82) is 0 Å². The first-order valence-corrected chi connectivity index (χ1v) is 21.8. The number of hydrogen-bond acceptors (Lipinski definition) is 12. The number of aliphatic hydroxyl groups is 1. The molecule has 0 saturated carbocycles. The van der Waals surface area contributed by atoms with E-state index in [1.165, 1.54) is 14.0 Å². The van der Waals surface area contributed by atoms with Crippen LogP contribution in [-0.4, -0.2) is 95.6 Å². The second kappa shape index (κ2) is 19.0. The fourth-order valence-electron chi connectivity index (χ4n) is 10.0. The normalized spacial score (nSPS) is 37.0. The highest BCUT2D eigenvalue weighted by molar-refractivity contribution is 6.04. The molecule has 4 aliphatic heterocycles. The molecular weight excluding hydrogens is 732 g/mol. The van der Waals surface area contributed by atoms with Crippen LogP contribution >= 0.6 is 0 Å². The molecule has 4 heterocycles. The molecule has 4 aliphatic rings. The van der Waals surface area contributed by atoms with Crippen LogP contribution in [0.15, 0.2) is 12.2 Å². The SMILES string of the molecule is CCC(C(=O)OC)C1CCC(C)C(C(C)C(=O)C(C)C(=O)C(CC)C2OC3(C=CC(OC(C)=O)C4(CCC(C)(COC(C)C(O)(CC)CC)O4)O3)C(C)CC2C)O1. The zero-order chi connectivity index (χ0) is 42.7. The largest absolute Gasteiger partial charge is 0.469 e. The fraction of sp³-hybridized carbons (Fsp3) is 0.867. The molecule has 2 spiro atoms. The average molecular weight is 807 g/mol. The number of esters is 2. The van der Waals surface area contributed by atoms with Crippen LogP contribution in [-0.2, 0) is 52.3 Å². The van der Waals surface area contributed by atoms with Gasteiger partial charge in [0.25, 0.3) is 0 Å². The summed E-state index contributed by atoms with van der Waals surface area (Å²) in [4.78, 5) is 53.6. The van der Waals surface area contributed by atoms with Crippen molar-refractivity contribution in [3.05, 3.63) is 12.2 Å². The predicted molar refractivity (Wildman–Crippen MR) is 214 cm³/mol. The maximum absolute atomic E-state index is 14.5. The van der Waals surface area contributed by atoms with Crippen molar-refractivity contribution >= 4 is 23.5 Å². The van der Waals surface area contributed by atoms with Gasteiger partial charge in [-0.3, -0.25) is 19.2 Å². The van der Waals surface area contributed by atoms with Crippen molar-refractivity contribution in [2.24, 2.45) is 41.4 Å². The summed E-state index contributed by atoms with van der Waals surface area (Å²) in [6.07, 6.45) is 6.15. The number of carbonyl (C=O) groups is 4. The highest BCUT2D eigenvalue weighted by atomic mass is 16.8. The molecule has 326 valence electrons. The van der Waals surface area contributed by atoms with Gasteiger partial charge in [0.05, 0.1) is 61.2 Å². The Kier molecular flexibility index (Phi) is 15.8. The first kappa shape index (κ1) is 47.5. The number of carbonyl (C=O) groups excluding carboxylic acids is 4. The minimum Gasteiger partial charge on any atom is -0.469 e. The lowest BCUT2D eigenvalue weighted by Gasteiger charge is -2.54. The molecule has 12 nitrogen and oxygen atoms in total. The molecule has 15 unspecified atom stereocenters. The van der Waals surface area contributed by atoms with Crippen molar-refractivity contribution in [2.45, 2.75) is 194 Å². The van der Waals surface area contributed by atoms with E-state index in [1.807, 2.05) is 55.4 Å². The van der Waals surface area contributed by atoms with Crippen LogP contribution in [0.1, 0.15) is 141 Å². The van der Waals surface area contributed by atoms with Crippen LogP contribution in [0.4, 0.5) is 0 Å². The third kappa shape index (κ3) is 9.88. The van der Waals surface area contributed by atoms with Gasteiger partial charge in [-0.05, 0) is 96.1 Å². The summed E-state index contributed by atoms with van der Waals surface area (Å²) in [5.74, 6) is -6.46. The first-order chi connectivity index (χ1) is 26.7. The van der Waals surface area contributed by atoms with Crippen molar-refractivity contribution in [3.8, 4) is 0 Å². The van der Waals surface area contributed by atoms with Crippen molar-refractivity contribution in [3.63, 3.8) is 0 Å². The number of hydrogen-bond donors (Lipinski definition) is 1. The third-order valence-electron chi connectivity index (χ3n) is 14.1. The van der Waals surface area contributed by atoms with Crippen LogP contribution in [0.25, 0.3) is 0 Å². The Labute approximate surface area is 341 Å². The molecule has 0 bridgehead atoms. The van der Waals surface area contributed by atoms with E-state index >= 15 is 0 Å². The predicted octanol–water partition coefficient (Wildman–Crippen LogP) is 7.30. The Morgan fingerprint density at radius 1 is 0.895 bits per heavy atom. The van der Waals surface area contributed by atoms with Gasteiger partial charge in [-0.1, -0.05) is 55.4 Å². The van der Waals surface area contributed by atoms with Gasteiger partial charge in [0.2, 0.25) is 5.79 Å². The van der Waals surface area contributed by atoms with Gasteiger partial charge in [0.1, 0.15) is 11.6 Å². The van der Waals surface area contributed by atoms with Gasteiger partial charge in [0.15, 0.2) is 11.9 Å². The number of rotatable bonds is 17. The smallest absolute Gasteiger partial charge is 0.311 e. The van der Waals surface area contributed by atoms with E-state index in [9.17, 15) is 24.3 Å². The summed E-state index contributed by atoms with van der Waals surface area (Å²) in [6.45, 7) is 22.8. The molecule has 0 aliphatic carbocycles. The van der Waals surface area contributed by atoms with E-state index in [0.29, 0.717) is 51.4 Å². The van der Waals surface area contributed by atoms with Crippen LogP contribution in [0.5, 0.6) is 0 Å². The van der Waals surface area contributed by atoms with Crippen molar-refractivity contribution in [2.75, 3.05) is 13.7 Å². The Bertz CT molecular complexity index is 1440. The summed E-state index contributed by atoms with van der Waals surface area (Å²) in [6, 6.07) is 0. The molecule has 0 aromatic carbocycles. The van der Waals surface area contributed by atoms with Crippen molar-refractivity contribution in [1.82, 2.24) is 0 Å². The van der Waals surface area contributed by atoms with E-state index in [-0.39, 0.29) is 48.0 Å². The minimum absolute atomic E-state index is 0.0364. The maximum atomic E-state index is 14.5. The molecule has 0 aromatic rings. The highest BCUT2D eigenvalue weighted by Crippen LogP contribution is 2.53. The van der Waals surface area contributed by atoms with Crippen LogP contribution in [0.2, 0.25) is 0 Å². The second-order valence-corrected chi connectivity index (χ2v) is 18.1. The zero-order valence-corrected chi connectivity index (χ0v) is 37.1. The molecule has 4 rings (SSSR count). The molecule has 57 heavy (non-hydrogen) atoms. The average Bonchev–Trinajstić information content (AvgIpc) is 3.52. The Balaban J connectivity index is 1.55. The molecule has 1 N–H and O–H groups in total. The van der Waals surface area contributed by atoms with Crippen LogP contribution in [0.3, 0.4) is 0 Å². The third-order valence-corrected chi connectivity index (χ3v) is 14.1. The molecule has 3 fully saturated rings. The van der Waals surface area contributed by atoms with Gasteiger partial charge in [-0.2, -0.15) is 0 Å². The Hall–Kier alpha value is -2.22. The number of Topliss-reactive ketones (excluding diaryl/α,β-unsaturated/α-hetero) is 2. The van der Waals surface area contributed by atoms with Gasteiger partial charge in [-0.25, -0.2) is 0 Å². The van der Waals surface area contributed by atoms with E-state index in [4.69, 9.17) is 33.2 Å². The minimum atomic E-state index is -1.39. The quantitative estimate of drug-likeness (QED) is 0.0892. The van der Waals surface area contributed by atoms with Gasteiger partial charge >= 0.3 is 11.9 Å². The van der Waals surface area contributed by atoms with Gasteiger partial charge in [0, 0.05) is 31.1 Å². The van der Waals surface area contributed by atoms with Crippen LogP contribution < -0.4 is 0 Å².